The van der Waals surface area contributed by atoms with Crippen molar-refractivity contribution in [2.24, 2.45) is 0 Å². The van der Waals surface area contributed by atoms with Crippen molar-refractivity contribution in [1.29, 1.82) is 0 Å². The summed E-state index contributed by atoms with van der Waals surface area (Å²) < 4.78 is 39.4. The molecule has 1 saturated heterocycles. The van der Waals surface area contributed by atoms with Gasteiger partial charge in [-0.1, -0.05) is 29.8 Å². The summed E-state index contributed by atoms with van der Waals surface area (Å²) in [4.78, 5) is 29.2. The van der Waals surface area contributed by atoms with Crippen molar-refractivity contribution in [3.8, 4) is 0 Å². The van der Waals surface area contributed by atoms with Crippen LogP contribution in [0.25, 0.3) is 0 Å². The summed E-state index contributed by atoms with van der Waals surface area (Å²) >= 11 is 5.91. The first kappa shape index (κ1) is 23.4. The molecule has 2 aromatic rings. The number of nitrogens with one attached hydrogen (secondary N) is 1. The Morgan fingerprint density at radius 1 is 1.15 bits per heavy atom. The van der Waals surface area contributed by atoms with Crippen molar-refractivity contribution in [2.75, 3.05) is 13.6 Å². The summed E-state index contributed by atoms with van der Waals surface area (Å²) in [5, 5.41) is 3.48. The van der Waals surface area contributed by atoms with E-state index in [0.717, 1.165) is 23.3 Å². The second kappa shape index (κ2) is 9.25. The molecule has 2 atom stereocenters. The second-order valence-electron chi connectivity index (χ2n) is 8.62. The van der Waals surface area contributed by atoms with E-state index < -0.39 is 29.9 Å². The zero-order chi connectivity index (χ0) is 23.8. The molecule has 1 N–H and O–H groups in total. The van der Waals surface area contributed by atoms with Crippen LogP contribution in [0.1, 0.15) is 47.6 Å². The Morgan fingerprint density at radius 2 is 1.88 bits per heavy atom. The van der Waals surface area contributed by atoms with Crippen LogP contribution in [0, 0.1) is 0 Å². The minimum atomic E-state index is -4.44. The Bertz CT molecular complexity index is 1040. The highest BCUT2D eigenvalue weighted by Crippen LogP contribution is 2.37. The van der Waals surface area contributed by atoms with Crippen LogP contribution in [0.3, 0.4) is 0 Å². The molecular formula is C24H25ClF3N3O2. The van der Waals surface area contributed by atoms with E-state index in [4.69, 9.17) is 11.6 Å². The number of likely N-dealkylation sites (tertiary alicyclic amines) is 1. The Morgan fingerprint density at radius 3 is 2.58 bits per heavy atom. The van der Waals surface area contributed by atoms with Crippen molar-refractivity contribution < 1.29 is 22.8 Å². The summed E-state index contributed by atoms with van der Waals surface area (Å²) in [6.07, 6.45) is -2.06. The topological polar surface area (TPSA) is 52.7 Å². The third-order valence-corrected chi connectivity index (χ3v) is 6.61. The van der Waals surface area contributed by atoms with Gasteiger partial charge in [0.2, 0.25) is 5.91 Å². The maximum absolute atomic E-state index is 13.1. The third-order valence-electron chi connectivity index (χ3n) is 6.36. The smallest absolute Gasteiger partial charge is 0.340 e. The van der Waals surface area contributed by atoms with Gasteiger partial charge in [-0.15, -0.1) is 0 Å². The molecule has 5 nitrogen and oxygen atoms in total. The van der Waals surface area contributed by atoms with Crippen LogP contribution in [-0.4, -0.2) is 41.4 Å². The fourth-order valence-electron chi connectivity index (χ4n) is 4.62. The van der Waals surface area contributed by atoms with Crippen LogP contribution >= 0.6 is 11.6 Å². The highest BCUT2D eigenvalue weighted by molar-refractivity contribution is 6.30. The zero-order valence-electron chi connectivity index (χ0n) is 18.2. The molecule has 2 aliphatic rings. The van der Waals surface area contributed by atoms with Crippen molar-refractivity contribution in [2.45, 2.75) is 50.5 Å². The SMILES string of the molecule is CN(Cc1ccc(Cl)cc1)C(=O)[C@H]1CCCN1C(=O)N[C@H]1CCc2ccc(C(F)(F)F)cc21. The highest BCUT2D eigenvalue weighted by atomic mass is 35.5. The molecule has 0 unspecified atom stereocenters. The fourth-order valence-corrected chi connectivity index (χ4v) is 4.75. The van der Waals surface area contributed by atoms with E-state index in [1.165, 1.54) is 11.0 Å². The average molecular weight is 480 g/mol. The Hall–Kier alpha value is -2.74. The predicted octanol–water partition coefficient (Wildman–Crippen LogP) is 5.18. The molecule has 176 valence electrons. The van der Waals surface area contributed by atoms with Gasteiger partial charge in [0.1, 0.15) is 6.04 Å². The van der Waals surface area contributed by atoms with E-state index in [1.54, 1.807) is 24.1 Å². The van der Waals surface area contributed by atoms with Gasteiger partial charge < -0.3 is 15.1 Å². The van der Waals surface area contributed by atoms with Gasteiger partial charge in [-0.2, -0.15) is 13.2 Å². The lowest BCUT2D eigenvalue weighted by Crippen LogP contribution is -2.50. The van der Waals surface area contributed by atoms with E-state index >= 15 is 0 Å². The first-order chi connectivity index (χ1) is 15.6. The lowest BCUT2D eigenvalue weighted by molar-refractivity contribution is -0.137. The number of hydrogen-bond donors (Lipinski definition) is 1. The van der Waals surface area contributed by atoms with Crippen LogP contribution < -0.4 is 5.32 Å². The Kier molecular flexibility index (Phi) is 6.56. The van der Waals surface area contributed by atoms with E-state index in [0.29, 0.717) is 49.4 Å². The molecule has 1 fully saturated rings. The van der Waals surface area contributed by atoms with E-state index in [2.05, 4.69) is 5.32 Å². The average Bonchev–Trinajstić information content (AvgIpc) is 3.41. The largest absolute Gasteiger partial charge is 0.416 e. The summed E-state index contributed by atoms with van der Waals surface area (Å²) in [6.45, 7) is 0.817. The van der Waals surface area contributed by atoms with Crippen molar-refractivity contribution in [3.05, 3.63) is 69.7 Å². The summed E-state index contributed by atoms with van der Waals surface area (Å²) in [7, 11) is 1.69. The van der Waals surface area contributed by atoms with Crippen LogP contribution in [0.2, 0.25) is 5.02 Å². The molecule has 4 rings (SSSR count). The second-order valence-corrected chi connectivity index (χ2v) is 9.06. The number of rotatable bonds is 4. The van der Waals surface area contributed by atoms with Crippen LogP contribution in [0.4, 0.5) is 18.0 Å². The first-order valence-corrected chi connectivity index (χ1v) is 11.3. The predicted molar refractivity (Wildman–Crippen MR) is 119 cm³/mol. The van der Waals surface area contributed by atoms with Crippen LogP contribution in [0.15, 0.2) is 42.5 Å². The quantitative estimate of drug-likeness (QED) is 0.657. The van der Waals surface area contributed by atoms with E-state index in [-0.39, 0.29) is 5.91 Å². The zero-order valence-corrected chi connectivity index (χ0v) is 18.9. The number of halogens is 4. The maximum atomic E-state index is 13.1. The molecule has 1 aliphatic carbocycles. The lowest BCUT2D eigenvalue weighted by atomic mass is 10.0. The number of likely N-dealkylation sites (N-methyl/N-ethyl adjacent to an activating group) is 1. The highest BCUT2D eigenvalue weighted by Gasteiger charge is 2.38. The maximum Gasteiger partial charge on any atom is 0.416 e. The van der Waals surface area contributed by atoms with Gasteiger partial charge in [0, 0.05) is 25.2 Å². The number of urea groups is 1. The molecule has 0 radical (unpaired) electrons. The summed E-state index contributed by atoms with van der Waals surface area (Å²) in [6, 6.07) is 9.38. The number of carbonyl (C=O) groups is 2. The number of fused-ring (bicyclic) bond motifs is 1. The molecule has 0 bridgehead atoms. The Labute approximate surface area is 195 Å². The minimum absolute atomic E-state index is 0.163. The normalized spacial score (nSPS) is 20.0. The molecule has 3 amide bonds. The van der Waals surface area contributed by atoms with Gasteiger partial charge in [0.15, 0.2) is 0 Å². The molecule has 1 heterocycles. The van der Waals surface area contributed by atoms with Crippen LogP contribution in [0.5, 0.6) is 0 Å². The van der Waals surface area contributed by atoms with E-state index in [9.17, 15) is 22.8 Å². The molecule has 33 heavy (non-hydrogen) atoms. The van der Waals surface area contributed by atoms with Crippen LogP contribution in [-0.2, 0) is 23.9 Å². The Balaban J connectivity index is 1.42. The van der Waals surface area contributed by atoms with Gasteiger partial charge >= 0.3 is 12.2 Å². The minimum Gasteiger partial charge on any atom is -0.340 e. The molecule has 2 aromatic carbocycles. The molecule has 1 aliphatic heterocycles. The van der Waals surface area contributed by atoms with Gasteiger partial charge in [-0.3, -0.25) is 4.79 Å². The molecule has 0 saturated carbocycles. The molecular weight excluding hydrogens is 455 g/mol. The lowest BCUT2D eigenvalue weighted by Gasteiger charge is -2.29. The first-order valence-electron chi connectivity index (χ1n) is 10.9. The molecule has 0 aromatic heterocycles. The number of aryl methyl sites for hydroxylation is 1. The number of nitrogens with zero attached hydrogens (tertiary/aromatic N) is 2. The van der Waals surface area contributed by atoms with Gasteiger partial charge in [0.25, 0.3) is 0 Å². The monoisotopic (exact) mass is 479 g/mol. The number of alkyl halides is 3. The fraction of sp³-hybridized carbons (Fsp3) is 0.417. The molecule has 9 heteroatoms. The van der Waals surface area contributed by atoms with Gasteiger partial charge in [0.05, 0.1) is 11.6 Å². The number of amides is 3. The standard InChI is InChI=1S/C24H25ClF3N3O2/c1-30(14-15-4-9-18(25)10-5-15)22(32)21-3-2-12-31(21)23(33)29-20-11-7-16-6-8-17(13-19(16)20)24(26,27)28/h4-6,8-10,13,20-21H,2-3,7,11-12,14H2,1H3,(H,29,33)/t20-,21+/m0/s1. The van der Waals surface area contributed by atoms with Crippen molar-refractivity contribution >= 4 is 23.5 Å². The summed E-state index contributed by atoms with van der Waals surface area (Å²) in [5.74, 6) is -0.163. The number of hydrogen-bond acceptors (Lipinski definition) is 2. The third kappa shape index (κ3) is 5.11. The number of carbonyl (C=O) groups excluding carboxylic acids is 2. The van der Waals surface area contributed by atoms with Gasteiger partial charge in [-0.05, 0) is 66.6 Å². The summed E-state index contributed by atoms with van der Waals surface area (Å²) in [5.41, 5.74) is 1.51. The van der Waals surface area contributed by atoms with E-state index in [1.807, 2.05) is 12.1 Å². The van der Waals surface area contributed by atoms with Gasteiger partial charge in [-0.25, -0.2) is 4.79 Å². The number of benzene rings is 2. The molecule has 0 spiro atoms. The van der Waals surface area contributed by atoms with Crippen molar-refractivity contribution in [1.82, 2.24) is 15.1 Å². The van der Waals surface area contributed by atoms with Crippen molar-refractivity contribution in [3.63, 3.8) is 0 Å².